The number of nitrogens with one attached hydrogen (secondary N) is 1. The summed E-state index contributed by atoms with van der Waals surface area (Å²) in [7, 11) is -4.36. The SMILES string of the molecule is CCCCCCCOc1ccc(-c2cnc(-c3ccc(C[C@H](CC(=O)c4ccc(C(C)(C)C)s4)C(=O)N4CC(C(=O)NS(=O)(=O)CC(=O)O)C4)cc3)nc2)cc1. The number of thiophene rings is 1. The summed E-state index contributed by atoms with van der Waals surface area (Å²) in [5, 5.41) is 8.81. The summed E-state index contributed by atoms with van der Waals surface area (Å²) in [6.45, 7) is 9.01. The van der Waals surface area contributed by atoms with E-state index in [-0.39, 0.29) is 43.0 Å². The lowest BCUT2D eigenvalue weighted by Gasteiger charge is -2.40. The van der Waals surface area contributed by atoms with Gasteiger partial charge in [-0.25, -0.2) is 18.4 Å². The summed E-state index contributed by atoms with van der Waals surface area (Å²) in [5.41, 5.74) is 3.31. The van der Waals surface area contributed by atoms with Crippen LogP contribution >= 0.6 is 11.3 Å². The fourth-order valence-corrected chi connectivity index (χ4v) is 8.20. The molecule has 0 saturated carbocycles. The van der Waals surface area contributed by atoms with Crippen LogP contribution in [0, 0.1) is 11.8 Å². The molecule has 1 atom stereocenters. The number of sulfonamides is 1. The maximum absolute atomic E-state index is 13.8. The molecule has 56 heavy (non-hydrogen) atoms. The first-order chi connectivity index (χ1) is 26.6. The molecule has 12 nitrogen and oxygen atoms in total. The molecule has 298 valence electrons. The number of amides is 2. The molecule has 1 aliphatic rings. The van der Waals surface area contributed by atoms with Crippen molar-refractivity contribution in [3.63, 3.8) is 0 Å². The smallest absolute Gasteiger partial charge is 0.320 e. The molecule has 14 heteroatoms. The minimum Gasteiger partial charge on any atom is -0.494 e. The van der Waals surface area contributed by atoms with Crippen molar-refractivity contribution < 1.29 is 37.4 Å². The maximum Gasteiger partial charge on any atom is 0.320 e. The summed E-state index contributed by atoms with van der Waals surface area (Å²) in [5.74, 6) is -4.38. The number of carbonyl (C=O) groups is 4. The largest absolute Gasteiger partial charge is 0.494 e. The van der Waals surface area contributed by atoms with Crippen LogP contribution in [0.25, 0.3) is 22.5 Å². The molecule has 1 aliphatic heterocycles. The quantitative estimate of drug-likeness (QED) is 0.0747. The van der Waals surface area contributed by atoms with E-state index in [0.29, 0.717) is 17.3 Å². The molecule has 2 amide bonds. The number of likely N-dealkylation sites (tertiary alicyclic amines) is 1. The topological polar surface area (TPSA) is 173 Å². The third kappa shape index (κ3) is 11.8. The highest BCUT2D eigenvalue weighted by Gasteiger charge is 2.40. The molecule has 3 heterocycles. The predicted molar refractivity (Wildman–Crippen MR) is 216 cm³/mol. The van der Waals surface area contributed by atoms with Crippen LogP contribution in [0.4, 0.5) is 0 Å². The molecular weight excluding hydrogens is 753 g/mol. The number of aliphatic carboxylic acids is 1. The van der Waals surface area contributed by atoms with E-state index in [2.05, 4.69) is 37.7 Å². The Labute approximate surface area is 332 Å². The molecule has 0 radical (unpaired) electrons. The third-order valence-electron chi connectivity index (χ3n) is 9.58. The van der Waals surface area contributed by atoms with Crippen molar-refractivity contribution in [2.24, 2.45) is 11.8 Å². The fourth-order valence-electron chi connectivity index (χ4n) is 6.32. The van der Waals surface area contributed by atoms with Crippen LogP contribution in [0.2, 0.25) is 0 Å². The Balaban J connectivity index is 1.23. The van der Waals surface area contributed by atoms with Gasteiger partial charge in [0.05, 0.1) is 17.4 Å². The minimum atomic E-state index is -4.36. The Morgan fingerprint density at radius 2 is 1.54 bits per heavy atom. The lowest BCUT2D eigenvalue weighted by molar-refractivity contribution is -0.145. The molecule has 2 aromatic carbocycles. The molecule has 0 aliphatic carbocycles. The molecule has 1 saturated heterocycles. The van der Waals surface area contributed by atoms with Crippen molar-refractivity contribution in [2.75, 3.05) is 25.4 Å². The Kier molecular flexibility index (Phi) is 14.2. The summed E-state index contributed by atoms with van der Waals surface area (Å²) in [6.07, 6.45) is 9.68. The van der Waals surface area contributed by atoms with Crippen molar-refractivity contribution in [1.29, 1.82) is 0 Å². The van der Waals surface area contributed by atoms with E-state index in [1.165, 1.54) is 41.9 Å². The van der Waals surface area contributed by atoms with Gasteiger partial charge in [-0.1, -0.05) is 89.8 Å². The van der Waals surface area contributed by atoms with Crippen LogP contribution in [-0.4, -0.2) is 77.4 Å². The van der Waals surface area contributed by atoms with E-state index in [1.807, 2.05) is 54.6 Å². The molecule has 5 rings (SSSR count). The van der Waals surface area contributed by atoms with Gasteiger partial charge in [-0.3, -0.25) is 23.9 Å². The average molecular weight is 803 g/mol. The van der Waals surface area contributed by atoms with Crippen molar-refractivity contribution in [2.45, 2.75) is 78.1 Å². The first-order valence-corrected chi connectivity index (χ1v) is 21.4. The van der Waals surface area contributed by atoms with E-state index >= 15 is 0 Å². The molecule has 0 bridgehead atoms. The zero-order valence-corrected chi connectivity index (χ0v) is 34.0. The number of carbonyl (C=O) groups excluding carboxylic acids is 3. The number of unbranched alkanes of at least 4 members (excludes halogenated alkanes) is 4. The van der Waals surface area contributed by atoms with Gasteiger partial charge < -0.3 is 14.7 Å². The van der Waals surface area contributed by atoms with Gasteiger partial charge in [-0.2, -0.15) is 0 Å². The standard InChI is InChI=1S/C42H50N4O8S2/c1-5-6-7-8-9-20-54-34-16-14-29(15-17-34)32-23-43-39(44-24-32)30-12-10-28(11-13-30)21-31(22-35(47)36-18-19-37(55-36)42(2,3)4)41(51)46-25-33(26-46)40(50)45-56(52,53)27-38(48)49/h10-19,23-24,31,33H,5-9,20-22,25-27H2,1-4H3,(H,45,50)(H,48,49)/t31-/m1/s1. The molecule has 1 fully saturated rings. The number of nitrogens with zero attached hydrogens (tertiary/aromatic N) is 3. The van der Waals surface area contributed by atoms with Gasteiger partial charge in [0.25, 0.3) is 0 Å². The second-order valence-electron chi connectivity index (χ2n) is 15.3. The van der Waals surface area contributed by atoms with E-state index in [4.69, 9.17) is 9.84 Å². The molecule has 2 N–H and O–H groups in total. The average Bonchev–Trinajstić information content (AvgIpc) is 3.64. The van der Waals surface area contributed by atoms with Gasteiger partial charge in [0.1, 0.15) is 5.75 Å². The Bertz CT molecular complexity index is 2090. The van der Waals surface area contributed by atoms with Gasteiger partial charge >= 0.3 is 5.97 Å². The summed E-state index contributed by atoms with van der Waals surface area (Å²) in [6, 6.07) is 19.1. The van der Waals surface area contributed by atoms with Gasteiger partial charge in [-0.15, -0.1) is 11.3 Å². The Hall–Kier alpha value is -4.95. The molecule has 0 unspecified atom stereocenters. The van der Waals surface area contributed by atoms with Gasteiger partial charge in [-0.05, 0) is 53.6 Å². The first kappa shape index (κ1) is 42.2. The van der Waals surface area contributed by atoms with Crippen LogP contribution in [0.1, 0.15) is 86.3 Å². The second-order valence-corrected chi connectivity index (χ2v) is 18.1. The number of ketones is 1. The van der Waals surface area contributed by atoms with Crippen molar-refractivity contribution in [1.82, 2.24) is 19.6 Å². The molecule has 0 spiro atoms. The molecular formula is C42H50N4O8S2. The number of Topliss-reactive ketones (excluding diaryl/α,β-unsaturated/α-hetero) is 1. The van der Waals surface area contributed by atoms with Crippen LogP contribution in [0.3, 0.4) is 0 Å². The lowest BCUT2D eigenvalue weighted by atomic mass is 9.89. The summed E-state index contributed by atoms with van der Waals surface area (Å²) >= 11 is 1.41. The van der Waals surface area contributed by atoms with E-state index in [1.54, 1.807) is 23.2 Å². The highest BCUT2D eigenvalue weighted by molar-refractivity contribution is 7.90. The monoisotopic (exact) mass is 802 g/mol. The van der Waals surface area contributed by atoms with Crippen LogP contribution in [-0.2, 0) is 36.2 Å². The highest BCUT2D eigenvalue weighted by atomic mass is 32.2. The number of aromatic nitrogens is 2. The summed E-state index contributed by atoms with van der Waals surface area (Å²) in [4.78, 5) is 63.0. The van der Waals surface area contributed by atoms with E-state index in [0.717, 1.165) is 39.3 Å². The Morgan fingerprint density at radius 3 is 2.14 bits per heavy atom. The zero-order chi connectivity index (χ0) is 40.5. The fraction of sp³-hybridized carbons (Fsp3) is 0.429. The number of benzene rings is 2. The third-order valence-corrected chi connectivity index (χ3v) is 12.3. The number of ether oxygens (including phenoxy) is 1. The van der Waals surface area contributed by atoms with Crippen molar-refractivity contribution in [3.8, 4) is 28.3 Å². The number of carboxylic acid groups (broad SMARTS) is 1. The van der Waals surface area contributed by atoms with Crippen LogP contribution in [0.5, 0.6) is 5.75 Å². The Morgan fingerprint density at radius 1 is 0.893 bits per heavy atom. The van der Waals surface area contributed by atoms with Crippen LogP contribution in [0.15, 0.2) is 73.1 Å². The summed E-state index contributed by atoms with van der Waals surface area (Å²) < 4.78 is 31.6. The number of hydrogen-bond donors (Lipinski definition) is 2. The highest BCUT2D eigenvalue weighted by Crippen LogP contribution is 2.32. The van der Waals surface area contributed by atoms with Crippen LogP contribution < -0.4 is 9.46 Å². The van der Waals surface area contributed by atoms with Gasteiger partial charge in [0, 0.05) is 53.8 Å². The second kappa shape index (κ2) is 18.8. The normalized spacial score (nSPS) is 13.8. The number of rotatable bonds is 19. The van der Waals surface area contributed by atoms with Crippen molar-refractivity contribution >= 4 is 44.9 Å². The molecule has 2 aromatic heterocycles. The van der Waals surface area contributed by atoms with Gasteiger partial charge in [0.15, 0.2) is 17.4 Å². The van der Waals surface area contributed by atoms with E-state index in [9.17, 15) is 27.6 Å². The number of hydrogen-bond acceptors (Lipinski definition) is 10. The molecule has 4 aromatic rings. The maximum atomic E-state index is 13.8. The predicted octanol–water partition coefficient (Wildman–Crippen LogP) is 6.94. The number of carboxylic acids is 1. The van der Waals surface area contributed by atoms with Gasteiger partial charge in [0.2, 0.25) is 21.8 Å². The van der Waals surface area contributed by atoms with E-state index < -0.39 is 39.5 Å². The van der Waals surface area contributed by atoms with Crippen molar-refractivity contribution in [3.05, 3.63) is 88.4 Å². The minimum absolute atomic E-state index is 0.0471. The first-order valence-electron chi connectivity index (χ1n) is 18.9. The zero-order valence-electron chi connectivity index (χ0n) is 32.3. The lowest BCUT2D eigenvalue weighted by Crippen LogP contribution is -2.58.